The van der Waals surface area contributed by atoms with E-state index in [1.165, 1.54) is 13.2 Å². The third-order valence-electron chi connectivity index (χ3n) is 3.79. The van der Waals surface area contributed by atoms with Crippen molar-refractivity contribution in [3.8, 4) is 17.2 Å². The Labute approximate surface area is 168 Å². The molecular weight excluding hydrogens is 434 g/mol. The number of carbonyl (C=O) groups is 2. The fourth-order valence-corrected chi connectivity index (χ4v) is 3.74. The molecule has 2 amide bonds. The number of amides is 2. The third-order valence-corrected chi connectivity index (χ3v) is 5.38. The molecular formula is C19H16BrNO5S. The highest BCUT2D eigenvalue weighted by Gasteiger charge is 2.35. The normalized spacial score (nSPS) is 15.5. The molecule has 2 aromatic carbocycles. The first-order valence-electron chi connectivity index (χ1n) is 7.99. The summed E-state index contributed by atoms with van der Waals surface area (Å²) in [5.74, 6) is 0.563. The van der Waals surface area contributed by atoms with Gasteiger partial charge in [0.05, 0.1) is 18.6 Å². The van der Waals surface area contributed by atoms with Crippen molar-refractivity contribution < 1.29 is 24.2 Å². The standard InChI is InChI=1S/C19H16BrNO5S/c1-25-16-9-12(14(20)11-15(16)22)10-17-18(23)21(19(24)27-17)7-8-26-13-5-3-2-4-6-13/h2-6,9-11,22H,7-8H2,1H3/b17-10-. The van der Waals surface area contributed by atoms with Crippen molar-refractivity contribution in [2.24, 2.45) is 0 Å². The number of thioether (sulfide) groups is 1. The van der Waals surface area contributed by atoms with Gasteiger partial charge in [-0.1, -0.05) is 34.1 Å². The lowest BCUT2D eigenvalue weighted by Gasteiger charge is -2.13. The zero-order valence-corrected chi connectivity index (χ0v) is 16.7. The summed E-state index contributed by atoms with van der Waals surface area (Å²) >= 11 is 4.20. The van der Waals surface area contributed by atoms with Gasteiger partial charge in [-0.2, -0.15) is 0 Å². The average molecular weight is 450 g/mol. The molecule has 1 aliphatic heterocycles. The molecule has 1 saturated heterocycles. The van der Waals surface area contributed by atoms with Crippen LogP contribution in [0.15, 0.2) is 51.8 Å². The van der Waals surface area contributed by atoms with Gasteiger partial charge >= 0.3 is 0 Å². The number of halogens is 1. The van der Waals surface area contributed by atoms with Crippen LogP contribution in [0.4, 0.5) is 4.79 Å². The van der Waals surface area contributed by atoms with Crippen LogP contribution in [-0.4, -0.2) is 41.4 Å². The maximum atomic E-state index is 12.6. The molecule has 8 heteroatoms. The predicted molar refractivity (Wildman–Crippen MR) is 107 cm³/mol. The maximum Gasteiger partial charge on any atom is 0.293 e. The lowest BCUT2D eigenvalue weighted by molar-refractivity contribution is -0.123. The van der Waals surface area contributed by atoms with Crippen molar-refractivity contribution in [1.29, 1.82) is 0 Å². The second-order valence-corrected chi connectivity index (χ2v) is 7.39. The van der Waals surface area contributed by atoms with E-state index in [-0.39, 0.29) is 35.8 Å². The van der Waals surface area contributed by atoms with Crippen molar-refractivity contribution in [3.63, 3.8) is 0 Å². The minimum absolute atomic E-state index is 0.0207. The van der Waals surface area contributed by atoms with E-state index in [4.69, 9.17) is 9.47 Å². The van der Waals surface area contributed by atoms with Crippen LogP contribution in [0, 0.1) is 0 Å². The molecule has 1 heterocycles. The number of methoxy groups -OCH3 is 1. The van der Waals surface area contributed by atoms with Gasteiger partial charge in [0.25, 0.3) is 11.1 Å². The second-order valence-electron chi connectivity index (χ2n) is 5.54. The van der Waals surface area contributed by atoms with Gasteiger partial charge in [0.1, 0.15) is 12.4 Å². The number of nitrogens with zero attached hydrogens (tertiary/aromatic N) is 1. The molecule has 0 unspecified atom stereocenters. The summed E-state index contributed by atoms with van der Waals surface area (Å²) in [5.41, 5.74) is 0.621. The van der Waals surface area contributed by atoms with Crippen LogP contribution in [-0.2, 0) is 4.79 Å². The molecule has 0 atom stereocenters. The molecule has 3 rings (SSSR count). The first kappa shape index (κ1) is 19.3. The molecule has 0 aliphatic carbocycles. The number of para-hydroxylation sites is 1. The van der Waals surface area contributed by atoms with Crippen LogP contribution in [0.1, 0.15) is 5.56 Å². The Balaban J connectivity index is 1.71. The zero-order chi connectivity index (χ0) is 19.4. The van der Waals surface area contributed by atoms with Gasteiger partial charge in [0, 0.05) is 4.47 Å². The highest BCUT2D eigenvalue weighted by atomic mass is 79.9. The topological polar surface area (TPSA) is 76.1 Å². The summed E-state index contributed by atoms with van der Waals surface area (Å²) < 4.78 is 11.2. The summed E-state index contributed by atoms with van der Waals surface area (Å²) in [6.07, 6.45) is 1.59. The van der Waals surface area contributed by atoms with Gasteiger partial charge < -0.3 is 14.6 Å². The van der Waals surface area contributed by atoms with Crippen LogP contribution in [0.25, 0.3) is 6.08 Å². The Hall–Kier alpha value is -2.45. The van der Waals surface area contributed by atoms with Gasteiger partial charge in [-0.25, -0.2) is 0 Å². The van der Waals surface area contributed by atoms with Gasteiger partial charge in [0.2, 0.25) is 0 Å². The summed E-state index contributed by atoms with van der Waals surface area (Å²) in [6, 6.07) is 12.3. The number of hydrogen-bond donors (Lipinski definition) is 1. The monoisotopic (exact) mass is 449 g/mol. The Morgan fingerprint density at radius 3 is 2.67 bits per heavy atom. The van der Waals surface area contributed by atoms with E-state index in [0.717, 1.165) is 16.7 Å². The molecule has 0 bridgehead atoms. The lowest BCUT2D eigenvalue weighted by Crippen LogP contribution is -2.32. The number of ether oxygens (including phenoxy) is 2. The highest BCUT2D eigenvalue weighted by molar-refractivity contribution is 9.10. The molecule has 1 fully saturated rings. The van der Waals surface area contributed by atoms with Crippen molar-refractivity contribution in [1.82, 2.24) is 4.90 Å². The minimum atomic E-state index is -0.374. The number of phenolic OH excluding ortho intramolecular Hbond substituents is 1. The molecule has 1 aliphatic rings. The average Bonchev–Trinajstić information content (AvgIpc) is 2.92. The van der Waals surface area contributed by atoms with Gasteiger partial charge in [-0.3, -0.25) is 14.5 Å². The van der Waals surface area contributed by atoms with Crippen molar-refractivity contribution >= 4 is 44.9 Å². The maximum absolute atomic E-state index is 12.6. The Kier molecular flexibility index (Phi) is 6.08. The number of hydrogen-bond acceptors (Lipinski definition) is 6. The molecule has 0 radical (unpaired) electrons. The number of carbonyl (C=O) groups excluding carboxylic acids is 2. The van der Waals surface area contributed by atoms with E-state index < -0.39 is 0 Å². The molecule has 0 spiro atoms. The van der Waals surface area contributed by atoms with E-state index in [9.17, 15) is 14.7 Å². The van der Waals surface area contributed by atoms with Crippen LogP contribution in [0.5, 0.6) is 17.2 Å². The van der Waals surface area contributed by atoms with Gasteiger partial charge in [0.15, 0.2) is 11.5 Å². The number of rotatable bonds is 6. The van der Waals surface area contributed by atoms with Crippen LogP contribution < -0.4 is 9.47 Å². The van der Waals surface area contributed by atoms with Gasteiger partial charge in [-0.15, -0.1) is 0 Å². The Morgan fingerprint density at radius 1 is 1.22 bits per heavy atom. The van der Waals surface area contributed by atoms with E-state index >= 15 is 0 Å². The Bertz CT molecular complexity index is 900. The number of aromatic hydroxyl groups is 1. The summed E-state index contributed by atoms with van der Waals surface area (Å²) in [5, 5.41) is 9.44. The second kappa shape index (κ2) is 8.49. The fourth-order valence-electron chi connectivity index (χ4n) is 2.44. The predicted octanol–water partition coefficient (Wildman–Crippen LogP) is 4.28. The molecule has 1 N–H and O–H groups in total. The number of phenols is 1. The zero-order valence-electron chi connectivity index (χ0n) is 14.3. The van der Waals surface area contributed by atoms with Crippen LogP contribution in [0.3, 0.4) is 0 Å². The van der Waals surface area contributed by atoms with Crippen molar-refractivity contribution in [2.75, 3.05) is 20.3 Å². The molecule has 0 aromatic heterocycles. The minimum Gasteiger partial charge on any atom is -0.504 e. The van der Waals surface area contributed by atoms with Crippen molar-refractivity contribution in [2.45, 2.75) is 0 Å². The van der Waals surface area contributed by atoms with E-state index in [0.29, 0.717) is 20.7 Å². The smallest absolute Gasteiger partial charge is 0.293 e. The quantitative estimate of drug-likeness (QED) is 0.663. The summed E-state index contributed by atoms with van der Waals surface area (Å²) in [7, 11) is 1.44. The third kappa shape index (κ3) is 4.45. The highest BCUT2D eigenvalue weighted by Crippen LogP contribution is 2.37. The number of benzene rings is 2. The van der Waals surface area contributed by atoms with E-state index in [2.05, 4.69) is 15.9 Å². The fraction of sp³-hybridized carbons (Fsp3) is 0.158. The molecule has 6 nitrogen and oxygen atoms in total. The lowest BCUT2D eigenvalue weighted by atomic mass is 10.2. The van der Waals surface area contributed by atoms with Crippen molar-refractivity contribution in [3.05, 3.63) is 57.4 Å². The molecule has 27 heavy (non-hydrogen) atoms. The molecule has 0 saturated carbocycles. The largest absolute Gasteiger partial charge is 0.504 e. The first-order chi connectivity index (χ1) is 13.0. The van der Waals surface area contributed by atoms with Crippen LogP contribution in [0.2, 0.25) is 0 Å². The molecule has 2 aromatic rings. The van der Waals surface area contributed by atoms with Crippen LogP contribution >= 0.6 is 27.7 Å². The first-order valence-corrected chi connectivity index (χ1v) is 9.60. The van der Waals surface area contributed by atoms with Gasteiger partial charge in [-0.05, 0) is 47.7 Å². The number of imide groups is 1. The Morgan fingerprint density at radius 2 is 1.96 bits per heavy atom. The van der Waals surface area contributed by atoms with E-state index in [1.807, 2.05) is 30.3 Å². The van der Waals surface area contributed by atoms with E-state index in [1.54, 1.807) is 12.1 Å². The SMILES string of the molecule is COc1cc(/C=C2\SC(=O)N(CCOc3ccccc3)C2=O)c(Br)cc1O. The summed E-state index contributed by atoms with van der Waals surface area (Å²) in [4.78, 5) is 26.2. The summed E-state index contributed by atoms with van der Waals surface area (Å²) in [6.45, 7) is 0.378. The molecule has 140 valence electrons.